The van der Waals surface area contributed by atoms with E-state index in [0.29, 0.717) is 4.47 Å². The van der Waals surface area contributed by atoms with Gasteiger partial charge in [-0.25, -0.2) is 4.39 Å². The van der Waals surface area contributed by atoms with E-state index in [0.717, 1.165) is 6.07 Å². The van der Waals surface area contributed by atoms with Crippen LogP contribution in [0.2, 0.25) is 5.02 Å². The minimum Gasteiger partial charge on any atom is -0.366 e. The molecule has 0 aliphatic carbocycles. The zero-order valence-corrected chi connectivity index (χ0v) is 8.12. The Balaban J connectivity index is 3.31. The Morgan fingerprint density at radius 3 is 2.58 bits per heavy atom. The van der Waals surface area contributed by atoms with Crippen LogP contribution in [-0.2, 0) is 0 Å². The summed E-state index contributed by atoms with van der Waals surface area (Å²) in [6.07, 6.45) is 0. The van der Waals surface area contributed by atoms with E-state index >= 15 is 0 Å². The van der Waals surface area contributed by atoms with E-state index in [2.05, 4.69) is 15.9 Å². The van der Waals surface area contributed by atoms with Crippen LogP contribution >= 0.6 is 27.5 Å². The van der Waals surface area contributed by atoms with Crippen LogP contribution in [0.15, 0.2) is 16.6 Å². The van der Waals surface area contributed by atoms with Gasteiger partial charge in [0.15, 0.2) is 0 Å². The van der Waals surface area contributed by atoms with E-state index in [4.69, 9.17) is 17.3 Å². The zero-order valence-electron chi connectivity index (χ0n) is 5.77. The topological polar surface area (TPSA) is 43.1 Å². The van der Waals surface area contributed by atoms with Crippen molar-refractivity contribution in [1.29, 1.82) is 0 Å². The van der Waals surface area contributed by atoms with Gasteiger partial charge in [0.1, 0.15) is 5.82 Å². The second-order valence-electron chi connectivity index (χ2n) is 2.12. The fraction of sp³-hybridized carbons (Fsp3) is 0. The fourth-order valence-corrected chi connectivity index (χ4v) is 1.24. The minimum atomic E-state index is -0.689. The van der Waals surface area contributed by atoms with E-state index < -0.39 is 11.7 Å². The molecule has 5 heteroatoms. The number of rotatable bonds is 1. The summed E-state index contributed by atoms with van der Waals surface area (Å²) >= 11 is 8.47. The molecule has 2 nitrogen and oxygen atoms in total. The monoisotopic (exact) mass is 251 g/mol. The first kappa shape index (κ1) is 9.48. The molecule has 0 saturated heterocycles. The van der Waals surface area contributed by atoms with E-state index in [1.807, 2.05) is 0 Å². The number of halogens is 3. The van der Waals surface area contributed by atoms with Gasteiger partial charge >= 0.3 is 0 Å². The normalized spacial score (nSPS) is 9.92. The molecule has 0 aromatic heterocycles. The predicted octanol–water partition coefficient (Wildman–Crippen LogP) is 2.34. The first-order valence-electron chi connectivity index (χ1n) is 2.96. The Morgan fingerprint density at radius 2 is 2.17 bits per heavy atom. The van der Waals surface area contributed by atoms with E-state index in [9.17, 15) is 9.18 Å². The van der Waals surface area contributed by atoms with Gasteiger partial charge in [-0.15, -0.1) is 0 Å². The standard InChI is InChI=1S/C7H4BrClFNO/c8-4-1-3(7(11)12)2-5(10)6(4)9/h1-2H,(H2,11,12). The molecule has 0 saturated carbocycles. The summed E-state index contributed by atoms with van der Waals surface area (Å²) in [6, 6.07) is 2.36. The van der Waals surface area contributed by atoms with Crippen molar-refractivity contribution in [3.8, 4) is 0 Å². The van der Waals surface area contributed by atoms with Crippen LogP contribution in [0.3, 0.4) is 0 Å². The molecule has 0 unspecified atom stereocenters. The first-order chi connectivity index (χ1) is 5.52. The Kier molecular flexibility index (Phi) is 2.69. The van der Waals surface area contributed by atoms with Crippen molar-refractivity contribution in [1.82, 2.24) is 0 Å². The van der Waals surface area contributed by atoms with E-state index in [1.54, 1.807) is 0 Å². The highest BCUT2D eigenvalue weighted by Gasteiger charge is 2.09. The van der Waals surface area contributed by atoms with Gasteiger partial charge in [-0.1, -0.05) is 11.6 Å². The lowest BCUT2D eigenvalue weighted by Gasteiger charge is -2.00. The lowest BCUT2D eigenvalue weighted by atomic mass is 10.2. The third kappa shape index (κ3) is 1.76. The van der Waals surface area contributed by atoms with Crippen LogP contribution in [0, 0.1) is 5.82 Å². The van der Waals surface area contributed by atoms with Crippen LogP contribution in [-0.4, -0.2) is 5.91 Å². The van der Waals surface area contributed by atoms with Gasteiger partial charge in [-0.05, 0) is 28.1 Å². The Bertz CT molecular complexity index is 319. The summed E-state index contributed by atoms with van der Waals surface area (Å²) in [6.45, 7) is 0. The lowest BCUT2D eigenvalue weighted by Crippen LogP contribution is -2.11. The van der Waals surface area contributed by atoms with Crippen LogP contribution in [0.25, 0.3) is 0 Å². The number of benzene rings is 1. The number of primary amides is 1. The van der Waals surface area contributed by atoms with Crippen LogP contribution in [0.4, 0.5) is 4.39 Å². The first-order valence-corrected chi connectivity index (χ1v) is 4.14. The number of nitrogens with two attached hydrogens (primary N) is 1. The molecule has 0 bridgehead atoms. The fourth-order valence-electron chi connectivity index (χ4n) is 0.698. The van der Waals surface area contributed by atoms with Gasteiger partial charge in [0.2, 0.25) is 5.91 Å². The molecule has 1 aromatic rings. The Labute approximate surface area is 81.6 Å². The number of hydrogen-bond donors (Lipinski definition) is 1. The van der Waals surface area contributed by atoms with Crippen molar-refractivity contribution in [2.24, 2.45) is 5.73 Å². The van der Waals surface area contributed by atoms with Crippen molar-refractivity contribution in [3.63, 3.8) is 0 Å². The van der Waals surface area contributed by atoms with E-state index in [-0.39, 0.29) is 10.6 Å². The zero-order chi connectivity index (χ0) is 9.30. The van der Waals surface area contributed by atoms with Crippen molar-refractivity contribution < 1.29 is 9.18 Å². The molecule has 0 aliphatic heterocycles. The van der Waals surface area contributed by atoms with Crippen LogP contribution in [0.5, 0.6) is 0 Å². The maximum absolute atomic E-state index is 12.8. The van der Waals surface area contributed by atoms with Crippen molar-refractivity contribution in [2.45, 2.75) is 0 Å². The second-order valence-corrected chi connectivity index (χ2v) is 3.35. The minimum absolute atomic E-state index is 0.0556. The molecule has 64 valence electrons. The average Bonchev–Trinajstić information content (AvgIpc) is 1.99. The van der Waals surface area contributed by atoms with Gasteiger partial charge in [-0.3, -0.25) is 4.79 Å². The predicted molar refractivity (Wildman–Crippen MR) is 47.6 cm³/mol. The molecule has 0 heterocycles. The number of hydrogen-bond acceptors (Lipinski definition) is 1. The SMILES string of the molecule is NC(=O)c1cc(F)c(Cl)c(Br)c1. The maximum atomic E-state index is 12.8. The van der Waals surface area contributed by atoms with Crippen LogP contribution in [0.1, 0.15) is 10.4 Å². The van der Waals surface area contributed by atoms with E-state index in [1.165, 1.54) is 6.07 Å². The summed E-state index contributed by atoms with van der Waals surface area (Å²) in [4.78, 5) is 10.6. The molecule has 12 heavy (non-hydrogen) atoms. The van der Waals surface area contributed by atoms with Gasteiger partial charge in [0, 0.05) is 10.0 Å². The molecular formula is C7H4BrClFNO. The molecular weight excluding hydrogens is 248 g/mol. The summed E-state index contributed by atoms with van der Waals surface area (Å²) < 4.78 is 13.1. The third-order valence-corrected chi connectivity index (χ3v) is 2.51. The Hall–Kier alpha value is -0.610. The molecule has 2 N–H and O–H groups in total. The average molecular weight is 252 g/mol. The second kappa shape index (κ2) is 3.41. The number of carbonyl (C=O) groups is 1. The van der Waals surface area contributed by atoms with Gasteiger partial charge < -0.3 is 5.73 Å². The quantitative estimate of drug-likeness (QED) is 0.766. The molecule has 0 spiro atoms. The molecule has 1 rings (SSSR count). The summed E-state index contributed by atoms with van der Waals surface area (Å²) in [5, 5.41) is -0.0556. The molecule has 1 amide bonds. The maximum Gasteiger partial charge on any atom is 0.248 e. The highest BCUT2D eigenvalue weighted by atomic mass is 79.9. The summed E-state index contributed by atoms with van der Waals surface area (Å²) in [5.41, 5.74) is 5.02. The van der Waals surface area contributed by atoms with Gasteiger partial charge in [0.05, 0.1) is 5.02 Å². The molecule has 0 atom stereocenters. The lowest BCUT2D eigenvalue weighted by molar-refractivity contribution is 0.1000. The van der Waals surface area contributed by atoms with Gasteiger partial charge in [-0.2, -0.15) is 0 Å². The van der Waals surface area contributed by atoms with Crippen LogP contribution < -0.4 is 5.73 Å². The van der Waals surface area contributed by atoms with Crippen molar-refractivity contribution >= 4 is 33.4 Å². The molecule has 0 radical (unpaired) electrons. The van der Waals surface area contributed by atoms with Crippen molar-refractivity contribution in [2.75, 3.05) is 0 Å². The van der Waals surface area contributed by atoms with Gasteiger partial charge in [0.25, 0.3) is 0 Å². The molecule has 1 aromatic carbocycles. The smallest absolute Gasteiger partial charge is 0.248 e. The molecule has 0 fully saturated rings. The third-order valence-electron chi connectivity index (χ3n) is 1.27. The molecule has 0 aliphatic rings. The number of amides is 1. The number of carbonyl (C=O) groups excluding carboxylic acids is 1. The largest absolute Gasteiger partial charge is 0.366 e. The summed E-state index contributed by atoms with van der Waals surface area (Å²) in [7, 11) is 0. The Morgan fingerprint density at radius 1 is 1.58 bits per heavy atom. The van der Waals surface area contributed by atoms with Crippen molar-refractivity contribution in [3.05, 3.63) is 33.0 Å². The summed E-state index contributed by atoms with van der Waals surface area (Å²) in [5.74, 6) is -1.36. The highest BCUT2D eigenvalue weighted by Crippen LogP contribution is 2.26. The highest BCUT2D eigenvalue weighted by molar-refractivity contribution is 9.10.